The molecule has 0 spiro atoms. The van der Waals surface area contributed by atoms with Gasteiger partial charge in [0, 0.05) is 36.9 Å². The van der Waals surface area contributed by atoms with E-state index in [-0.39, 0.29) is 28.7 Å². The molecular formula is C29H33F2N3O2S. The maximum Gasteiger partial charge on any atom is 0.260 e. The zero-order valence-corrected chi connectivity index (χ0v) is 22.6. The highest BCUT2D eigenvalue weighted by Crippen LogP contribution is 2.41. The highest BCUT2D eigenvalue weighted by Gasteiger charge is 2.34. The summed E-state index contributed by atoms with van der Waals surface area (Å²) in [5, 5.41) is 0.867. The molecule has 3 heterocycles. The van der Waals surface area contributed by atoms with Gasteiger partial charge in [0.25, 0.3) is 5.56 Å². The molecule has 0 radical (unpaired) electrons. The number of halogens is 2. The molecule has 1 fully saturated rings. The summed E-state index contributed by atoms with van der Waals surface area (Å²) in [7, 11) is 5.62. The Hall–Kier alpha value is -2.68. The largest absolute Gasteiger partial charge is 0.494 e. The average Bonchev–Trinajstić information content (AvgIpc) is 3.52. The van der Waals surface area contributed by atoms with E-state index in [0.717, 1.165) is 42.4 Å². The number of ether oxygens (including phenoxy) is 1. The van der Waals surface area contributed by atoms with Crippen LogP contribution in [0.25, 0.3) is 11.1 Å². The third-order valence-electron chi connectivity index (χ3n) is 7.74. The zero-order chi connectivity index (χ0) is 26.3. The van der Waals surface area contributed by atoms with Crippen LogP contribution in [-0.2, 0) is 6.42 Å². The highest BCUT2D eigenvalue weighted by molar-refractivity contribution is 7.99. The van der Waals surface area contributed by atoms with Crippen molar-refractivity contribution in [1.82, 2.24) is 14.4 Å². The molecule has 0 bridgehead atoms. The van der Waals surface area contributed by atoms with Crippen molar-refractivity contribution in [3.05, 3.63) is 81.1 Å². The number of hydrogen-bond donors (Lipinski definition) is 0. The van der Waals surface area contributed by atoms with Gasteiger partial charge in [-0.3, -0.25) is 14.3 Å². The second-order valence-corrected chi connectivity index (χ2v) is 11.2. The molecule has 0 saturated carbocycles. The summed E-state index contributed by atoms with van der Waals surface area (Å²) in [5.74, 6) is 0.00667. The SMILES string of the molecule is COc1cccc(-c2c(C)c(Cc3ccccc3F)c3n(c2=O)C(CN2CC[C@H](N(C)C)C2)CS3)c1F. The van der Waals surface area contributed by atoms with E-state index < -0.39 is 5.82 Å². The Morgan fingerprint density at radius 3 is 2.62 bits per heavy atom. The van der Waals surface area contributed by atoms with Crippen molar-refractivity contribution < 1.29 is 13.5 Å². The molecule has 5 rings (SSSR count). The lowest BCUT2D eigenvalue weighted by Crippen LogP contribution is -2.37. The summed E-state index contributed by atoms with van der Waals surface area (Å²) in [6.45, 7) is 4.55. The van der Waals surface area contributed by atoms with E-state index in [2.05, 4.69) is 23.9 Å². The predicted molar refractivity (Wildman–Crippen MR) is 145 cm³/mol. The zero-order valence-electron chi connectivity index (χ0n) is 21.8. The molecule has 2 aromatic carbocycles. The highest BCUT2D eigenvalue weighted by atomic mass is 32.2. The smallest absolute Gasteiger partial charge is 0.260 e. The number of likely N-dealkylation sites (N-methyl/N-ethyl adjacent to an activating group) is 1. The lowest BCUT2D eigenvalue weighted by molar-refractivity contribution is 0.246. The van der Waals surface area contributed by atoms with Crippen LogP contribution in [0.1, 0.15) is 29.2 Å². The number of thioether (sulfide) groups is 1. The van der Waals surface area contributed by atoms with Crippen LogP contribution in [0.15, 0.2) is 52.3 Å². The Balaban J connectivity index is 1.64. The molecule has 0 N–H and O–H groups in total. The van der Waals surface area contributed by atoms with E-state index >= 15 is 4.39 Å². The molecular weight excluding hydrogens is 492 g/mol. The van der Waals surface area contributed by atoms with Crippen LogP contribution < -0.4 is 10.3 Å². The number of pyridine rings is 1. The van der Waals surface area contributed by atoms with E-state index in [1.54, 1.807) is 42.1 Å². The number of fused-ring (bicyclic) bond motifs is 1. The topological polar surface area (TPSA) is 37.7 Å². The molecule has 8 heteroatoms. The standard InChI is InChI=1S/C29H33F2N3O2S/c1-18-23(14-19-8-5-6-10-24(19)30)29-34(21(17-37-29)16-33-13-12-20(15-33)32(2)3)28(35)26(18)22-9-7-11-25(36-4)27(22)31/h5-11,20-21H,12-17H2,1-4H3/t20-,21?/m0/s1. The van der Waals surface area contributed by atoms with Crippen molar-refractivity contribution in [3.63, 3.8) is 0 Å². The molecule has 196 valence electrons. The number of benzene rings is 2. The third kappa shape index (κ3) is 4.82. The number of nitrogens with zero attached hydrogens (tertiary/aromatic N) is 3. The molecule has 2 aliphatic rings. The molecule has 5 nitrogen and oxygen atoms in total. The molecule has 2 aliphatic heterocycles. The Bertz CT molecular complexity index is 1370. The van der Waals surface area contributed by atoms with Crippen molar-refractivity contribution in [2.24, 2.45) is 0 Å². The minimum absolute atomic E-state index is 0.0409. The van der Waals surface area contributed by atoms with Gasteiger partial charge in [-0.2, -0.15) is 0 Å². The van der Waals surface area contributed by atoms with Gasteiger partial charge in [0.05, 0.1) is 23.7 Å². The second kappa shape index (κ2) is 10.6. The lowest BCUT2D eigenvalue weighted by Gasteiger charge is -2.25. The van der Waals surface area contributed by atoms with Gasteiger partial charge in [0.2, 0.25) is 0 Å². The number of hydrogen-bond acceptors (Lipinski definition) is 5. The quantitative estimate of drug-likeness (QED) is 0.435. The molecule has 1 unspecified atom stereocenters. The Labute approximate surface area is 221 Å². The number of likely N-dealkylation sites (tertiary alicyclic amines) is 1. The van der Waals surface area contributed by atoms with E-state index in [9.17, 15) is 9.18 Å². The summed E-state index contributed by atoms with van der Waals surface area (Å²) < 4.78 is 37.3. The maximum atomic E-state index is 15.5. The van der Waals surface area contributed by atoms with Crippen LogP contribution in [0, 0.1) is 18.6 Å². The first kappa shape index (κ1) is 25.9. The van der Waals surface area contributed by atoms with Gasteiger partial charge in [-0.15, -0.1) is 11.8 Å². The van der Waals surface area contributed by atoms with E-state index in [1.165, 1.54) is 13.2 Å². The van der Waals surface area contributed by atoms with Crippen LogP contribution in [0.4, 0.5) is 8.78 Å². The predicted octanol–water partition coefficient (Wildman–Crippen LogP) is 4.98. The van der Waals surface area contributed by atoms with Crippen LogP contribution in [0.2, 0.25) is 0 Å². The van der Waals surface area contributed by atoms with Crippen LogP contribution in [0.3, 0.4) is 0 Å². The van der Waals surface area contributed by atoms with Crippen LogP contribution in [-0.4, -0.2) is 67.0 Å². The first-order chi connectivity index (χ1) is 17.8. The monoisotopic (exact) mass is 525 g/mol. The molecule has 2 atom stereocenters. The normalized spacial score (nSPS) is 19.5. The summed E-state index contributed by atoms with van der Waals surface area (Å²) >= 11 is 1.65. The van der Waals surface area contributed by atoms with Gasteiger partial charge in [-0.25, -0.2) is 8.78 Å². The minimum Gasteiger partial charge on any atom is -0.494 e. The molecule has 37 heavy (non-hydrogen) atoms. The Morgan fingerprint density at radius 1 is 1.14 bits per heavy atom. The first-order valence-corrected chi connectivity index (χ1v) is 13.6. The fourth-order valence-corrected chi connectivity index (χ4v) is 6.99. The van der Waals surface area contributed by atoms with E-state index in [1.807, 2.05) is 17.6 Å². The molecule has 1 saturated heterocycles. The van der Waals surface area contributed by atoms with Crippen molar-refractivity contribution in [3.8, 4) is 16.9 Å². The van der Waals surface area contributed by atoms with Gasteiger partial charge >= 0.3 is 0 Å². The van der Waals surface area contributed by atoms with E-state index in [0.29, 0.717) is 29.2 Å². The fourth-order valence-electron chi connectivity index (χ4n) is 5.62. The van der Waals surface area contributed by atoms with Crippen LogP contribution in [0.5, 0.6) is 5.75 Å². The Morgan fingerprint density at radius 2 is 1.92 bits per heavy atom. The summed E-state index contributed by atoms with van der Waals surface area (Å²) in [6, 6.07) is 12.0. The van der Waals surface area contributed by atoms with E-state index in [4.69, 9.17) is 4.74 Å². The average molecular weight is 526 g/mol. The van der Waals surface area contributed by atoms with Crippen molar-refractivity contribution in [2.75, 3.05) is 46.6 Å². The number of methoxy groups -OCH3 is 1. The van der Waals surface area contributed by atoms with Crippen molar-refractivity contribution in [1.29, 1.82) is 0 Å². The third-order valence-corrected chi connectivity index (χ3v) is 9.01. The molecule has 0 amide bonds. The second-order valence-electron chi connectivity index (χ2n) is 10.2. The number of aromatic nitrogens is 1. The Kier molecular flexibility index (Phi) is 7.43. The molecule has 3 aromatic rings. The number of rotatable bonds is 7. The molecule has 0 aliphatic carbocycles. The molecule has 1 aromatic heterocycles. The summed E-state index contributed by atoms with van der Waals surface area (Å²) in [5.41, 5.74) is 2.47. The fraction of sp³-hybridized carbons (Fsp3) is 0.414. The first-order valence-electron chi connectivity index (χ1n) is 12.7. The minimum atomic E-state index is -0.557. The van der Waals surface area contributed by atoms with Gasteiger partial charge in [-0.05, 0) is 62.8 Å². The van der Waals surface area contributed by atoms with Gasteiger partial charge in [0.15, 0.2) is 11.6 Å². The summed E-state index contributed by atoms with van der Waals surface area (Å²) in [6.07, 6.45) is 1.43. The maximum absolute atomic E-state index is 15.5. The van der Waals surface area contributed by atoms with Crippen molar-refractivity contribution >= 4 is 11.8 Å². The lowest BCUT2D eigenvalue weighted by atomic mass is 9.94. The van der Waals surface area contributed by atoms with Crippen molar-refractivity contribution in [2.45, 2.75) is 36.9 Å². The van der Waals surface area contributed by atoms with Gasteiger partial charge < -0.3 is 9.64 Å². The van der Waals surface area contributed by atoms with Gasteiger partial charge in [0.1, 0.15) is 5.82 Å². The van der Waals surface area contributed by atoms with Crippen LogP contribution >= 0.6 is 11.8 Å². The summed E-state index contributed by atoms with van der Waals surface area (Å²) in [4.78, 5) is 18.8. The van der Waals surface area contributed by atoms with Gasteiger partial charge in [-0.1, -0.05) is 30.3 Å².